The first kappa shape index (κ1) is 20.7. The molecule has 2 aromatic rings. The fraction of sp³-hybridized carbons (Fsp3) is 0.273. The molecule has 0 bridgehead atoms. The monoisotopic (exact) mass is 445 g/mol. The minimum Gasteiger partial charge on any atom is -0.497 e. The number of rotatable bonds is 4. The van der Waals surface area contributed by atoms with E-state index >= 15 is 0 Å². The number of halogens is 2. The quantitative estimate of drug-likeness (QED) is 0.673. The molecular weight excluding hydrogens is 425 g/mol. The van der Waals surface area contributed by atoms with Crippen molar-refractivity contribution in [3.8, 4) is 5.75 Å². The Bertz CT molecular complexity index is 1030. The summed E-state index contributed by atoms with van der Waals surface area (Å²) in [6, 6.07) is 11.9. The SMILES string of the molecule is COc1ccc(C2=C(N3CCN(C)CC3)C(=O)N(c3cc(Cl)ccc3Cl)C2=O)cc1. The summed E-state index contributed by atoms with van der Waals surface area (Å²) in [7, 11) is 3.62. The summed E-state index contributed by atoms with van der Waals surface area (Å²) < 4.78 is 5.23. The second kappa shape index (κ2) is 8.30. The molecule has 2 amide bonds. The van der Waals surface area contributed by atoms with Gasteiger partial charge in [0.1, 0.15) is 11.4 Å². The number of benzene rings is 2. The topological polar surface area (TPSA) is 53.1 Å². The zero-order valence-corrected chi connectivity index (χ0v) is 18.2. The number of nitrogens with zero attached hydrogens (tertiary/aromatic N) is 3. The Hall–Kier alpha value is -2.54. The Morgan fingerprint density at radius 3 is 2.20 bits per heavy atom. The number of anilines is 1. The van der Waals surface area contributed by atoms with Crippen LogP contribution in [0.4, 0.5) is 5.69 Å². The molecule has 0 unspecified atom stereocenters. The highest BCUT2D eigenvalue weighted by Crippen LogP contribution is 2.39. The van der Waals surface area contributed by atoms with Crippen LogP contribution in [0.2, 0.25) is 10.0 Å². The van der Waals surface area contributed by atoms with E-state index in [0.717, 1.165) is 18.0 Å². The summed E-state index contributed by atoms with van der Waals surface area (Å²) in [5.41, 5.74) is 1.70. The van der Waals surface area contributed by atoms with E-state index in [0.29, 0.717) is 40.7 Å². The van der Waals surface area contributed by atoms with Gasteiger partial charge in [-0.25, -0.2) is 4.90 Å². The van der Waals surface area contributed by atoms with Gasteiger partial charge in [-0.05, 0) is 42.9 Å². The van der Waals surface area contributed by atoms with E-state index in [4.69, 9.17) is 27.9 Å². The molecule has 8 heteroatoms. The molecule has 2 aromatic carbocycles. The van der Waals surface area contributed by atoms with E-state index < -0.39 is 5.91 Å². The molecular formula is C22H21Cl2N3O3. The third-order valence-electron chi connectivity index (χ3n) is 5.41. The standard InChI is InChI=1S/C22H21Cl2N3O3/c1-25-9-11-26(12-10-25)20-19(14-3-6-16(30-2)7-4-14)21(28)27(22(20)29)18-13-15(23)5-8-17(18)24/h3-8,13H,9-12H2,1-2H3. The van der Waals surface area contributed by atoms with Crippen molar-refractivity contribution in [2.24, 2.45) is 0 Å². The molecule has 0 saturated carbocycles. The highest BCUT2D eigenvalue weighted by atomic mass is 35.5. The number of carbonyl (C=O) groups excluding carboxylic acids is 2. The van der Waals surface area contributed by atoms with Gasteiger partial charge in [-0.1, -0.05) is 35.3 Å². The van der Waals surface area contributed by atoms with Crippen LogP contribution in [0.15, 0.2) is 48.2 Å². The lowest BCUT2D eigenvalue weighted by Crippen LogP contribution is -2.46. The van der Waals surface area contributed by atoms with Crippen molar-refractivity contribution in [1.29, 1.82) is 0 Å². The molecule has 6 nitrogen and oxygen atoms in total. The molecule has 1 saturated heterocycles. The van der Waals surface area contributed by atoms with Gasteiger partial charge in [0, 0.05) is 31.2 Å². The van der Waals surface area contributed by atoms with Crippen LogP contribution < -0.4 is 9.64 Å². The summed E-state index contributed by atoms with van der Waals surface area (Å²) in [6.45, 7) is 2.92. The molecule has 0 N–H and O–H groups in total. The maximum atomic E-state index is 13.5. The van der Waals surface area contributed by atoms with Gasteiger partial charge in [-0.3, -0.25) is 9.59 Å². The molecule has 0 aromatic heterocycles. The van der Waals surface area contributed by atoms with E-state index in [1.54, 1.807) is 43.5 Å². The molecule has 0 spiro atoms. The molecule has 2 aliphatic heterocycles. The van der Waals surface area contributed by atoms with E-state index in [1.807, 2.05) is 11.9 Å². The van der Waals surface area contributed by atoms with Gasteiger partial charge in [0.15, 0.2) is 0 Å². The fourth-order valence-corrected chi connectivity index (χ4v) is 4.10. The van der Waals surface area contributed by atoms with Crippen LogP contribution in [0.25, 0.3) is 5.57 Å². The Balaban J connectivity index is 1.82. The maximum Gasteiger partial charge on any atom is 0.282 e. The summed E-state index contributed by atoms with van der Waals surface area (Å²) in [4.78, 5) is 32.4. The van der Waals surface area contributed by atoms with E-state index in [-0.39, 0.29) is 16.6 Å². The third-order valence-corrected chi connectivity index (χ3v) is 5.96. The third kappa shape index (κ3) is 3.67. The number of ether oxygens (including phenoxy) is 1. The van der Waals surface area contributed by atoms with Gasteiger partial charge in [0.25, 0.3) is 11.8 Å². The van der Waals surface area contributed by atoms with E-state index in [1.165, 1.54) is 6.07 Å². The minimum atomic E-state index is -0.414. The highest BCUT2D eigenvalue weighted by molar-refractivity contribution is 6.47. The lowest BCUT2D eigenvalue weighted by molar-refractivity contribution is -0.120. The van der Waals surface area contributed by atoms with Crippen LogP contribution in [0.3, 0.4) is 0 Å². The molecule has 156 valence electrons. The predicted octanol–water partition coefficient (Wildman–Crippen LogP) is 3.53. The zero-order valence-electron chi connectivity index (χ0n) is 16.7. The number of methoxy groups -OCH3 is 1. The summed E-state index contributed by atoms with van der Waals surface area (Å²) in [6.07, 6.45) is 0. The minimum absolute atomic E-state index is 0.286. The smallest absolute Gasteiger partial charge is 0.282 e. The number of hydrogen-bond donors (Lipinski definition) is 0. The number of piperazine rings is 1. The number of carbonyl (C=O) groups is 2. The van der Waals surface area contributed by atoms with Crippen molar-refractivity contribution in [2.75, 3.05) is 45.2 Å². The Kier molecular flexibility index (Phi) is 5.73. The molecule has 2 heterocycles. The van der Waals surface area contributed by atoms with Crippen molar-refractivity contribution < 1.29 is 14.3 Å². The molecule has 30 heavy (non-hydrogen) atoms. The van der Waals surface area contributed by atoms with Crippen molar-refractivity contribution in [1.82, 2.24) is 9.80 Å². The first-order chi connectivity index (χ1) is 14.4. The maximum absolute atomic E-state index is 13.5. The van der Waals surface area contributed by atoms with Crippen molar-refractivity contribution in [3.63, 3.8) is 0 Å². The Morgan fingerprint density at radius 1 is 0.900 bits per heavy atom. The number of amides is 2. The van der Waals surface area contributed by atoms with E-state index in [2.05, 4.69) is 4.90 Å². The van der Waals surface area contributed by atoms with Crippen molar-refractivity contribution in [2.45, 2.75) is 0 Å². The number of imide groups is 1. The van der Waals surface area contributed by atoms with E-state index in [9.17, 15) is 9.59 Å². The second-order valence-electron chi connectivity index (χ2n) is 7.28. The highest BCUT2D eigenvalue weighted by Gasteiger charge is 2.43. The van der Waals surface area contributed by atoms with Crippen LogP contribution in [0, 0.1) is 0 Å². The second-order valence-corrected chi connectivity index (χ2v) is 8.13. The Morgan fingerprint density at radius 2 is 1.57 bits per heavy atom. The molecule has 2 aliphatic rings. The van der Waals surface area contributed by atoms with Gasteiger partial charge < -0.3 is 14.5 Å². The van der Waals surface area contributed by atoms with Crippen LogP contribution >= 0.6 is 23.2 Å². The van der Waals surface area contributed by atoms with Gasteiger partial charge in [0.2, 0.25) is 0 Å². The normalized spacial score (nSPS) is 17.9. The number of likely N-dealkylation sites (N-methyl/N-ethyl adjacent to an activating group) is 1. The molecule has 0 radical (unpaired) electrons. The van der Waals surface area contributed by atoms with Crippen molar-refractivity contribution in [3.05, 3.63) is 63.8 Å². The van der Waals surface area contributed by atoms with Crippen molar-refractivity contribution >= 4 is 46.3 Å². The van der Waals surface area contributed by atoms with Crippen LogP contribution in [0.1, 0.15) is 5.56 Å². The average molecular weight is 446 g/mol. The molecule has 1 fully saturated rings. The number of hydrogen-bond acceptors (Lipinski definition) is 5. The first-order valence-electron chi connectivity index (χ1n) is 9.56. The zero-order chi connectivity index (χ0) is 21.4. The summed E-state index contributed by atoms with van der Waals surface area (Å²) in [5, 5.41) is 0.684. The average Bonchev–Trinajstić information content (AvgIpc) is 3.00. The summed E-state index contributed by atoms with van der Waals surface area (Å²) >= 11 is 12.5. The largest absolute Gasteiger partial charge is 0.497 e. The summed E-state index contributed by atoms with van der Waals surface area (Å²) in [5.74, 6) is -0.130. The van der Waals surface area contributed by atoms with Gasteiger partial charge in [-0.15, -0.1) is 0 Å². The Labute approximate surface area is 185 Å². The van der Waals surface area contributed by atoms with Gasteiger partial charge >= 0.3 is 0 Å². The van der Waals surface area contributed by atoms with Crippen LogP contribution in [-0.2, 0) is 9.59 Å². The first-order valence-corrected chi connectivity index (χ1v) is 10.3. The molecule has 4 rings (SSSR count). The van der Waals surface area contributed by atoms with Crippen LogP contribution in [0.5, 0.6) is 5.75 Å². The molecule has 0 atom stereocenters. The molecule has 0 aliphatic carbocycles. The lowest BCUT2D eigenvalue weighted by atomic mass is 10.0. The van der Waals surface area contributed by atoms with Crippen LogP contribution in [-0.4, -0.2) is 62.0 Å². The predicted molar refractivity (Wildman–Crippen MR) is 118 cm³/mol. The lowest BCUT2D eigenvalue weighted by Gasteiger charge is -2.34. The van der Waals surface area contributed by atoms with Gasteiger partial charge in [0.05, 0.1) is 23.4 Å². The van der Waals surface area contributed by atoms with Gasteiger partial charge in [-0.2, -0.15) is 0 Å². The fourth-order valence-electron chi connectivity index (χ4n) is 3.74.